The first-order valence-corrected chi connectivity index (χ1v) is 3.66. The summed E-state index contributed by atoms with van der Waals surface area (Å²) in [6, 6.07) is 4.30. The van der Waals surface area contributed by atoms with Gasteiger partial charge in [-0.1, -0.05) is 11.6 Å². The van der Waals surface area contributed by atoms with Crippen molar-refractivity contribution >= 4 is 23.3 Å². The molecule has 0 spiro atoms. The van der Waals surface area contributed by atoms with Gasteiger partial charge in [-0.2, -0.15) is 5.26 Å². The summed E-state index contributed by atoms with van der Waals surface area (Å²) in [6.45, 7) is 0. The number of rotatable bonds is 1. The van der Waals surface area contributed by atoms with E-state index in [1.807, 2.05) is 0 Å². The Kier molecular flexibility index (Phi) is 2.40. The second-order valence-corrected chi connectivity index (χ2v) is 2.72. The molecular formula is C8H5ClN2O2. The fourth-order valence-electron chi connectivity index (χ4n) is 0.884. The summed E-state index contributed by atoms with van der Waals surface area (Å²) in [4.78, 5) is 10.6. The number of carbonyl (C=O) groups is 1. The molecule has 0 unspecified atom stereocenters. The minimum Gasteiger partial charge on any atom is -0.478 e. The number of aromatic carboxylic acids is 1. The van der Waals surface area contributed by atoms with Gasteiger partial charge >= 0.3 is 5.97 Å². The third kappa shape index (κ3) is 1.71. The number of nitrogens with zero attached hydrogens (tertiary/aromatic N) is 1. The van der Waals surface area contributed by atoms with E-state index in [1.165, 1.54) is 12.1 Å². The molecule has 0 heterocycles. The topological polar surface area (TPSA) is 87.1 Å². The summed E-state index contributed by atoms with van der Waals surface area (Å²) >= 11 is 5.62. The molecule has 0 aromatic heterocycles. The van der Waals surface area contributed by atoms with Gasteiger partial charge in [0.2, 0.25) is 0 Å². The van der Waals surface area contributed by atoms with E-state index in [0.29, 0.717) is 0 Å². The third-order valence-corrected chi connectivity index (χ3v) is 1.85. The van der Waals surface area contributed by atoms with Crippen molar-refractivity contribution in [2.45, 2.75) is 0 Å². The van der Waals surface area contributed by atoms with E-state index in [2.05, 4.69) is 0 Å². The van der Waals surface area contributed by atoms with Gasteiger partial charge in [0.05, 0.1) is 16.1 Å². The Hall–Kier alpha value is -1.73. The molecule has 3 N–H and O–H groups in total. The first-order chi connectivity index (χ1) is 6.06. The van der Waals surface area contributed by atoms with Gasteiger partial charge in [0.15, 0.2) is 0 Å². The predicted molar refractivity (Wildman–Crippen MR) is 47.5 cm³/mol. The summed E-state index contributed by atoms with van der Waals surface area (Å²) in [5, 5.41) is 17.1. The Morgan fingerprint density at radius 2 is 2.23 bits per heavy atom. The lowest BCUT2D eigenvalue weighted by molar-refractivity contribution is 0.0697. The van der Waals surface area contributed by atoms with E-state index in [-0.39, 0.29) is 21.8 Å². The number of nitrogen functional groups attached to an aromatic ring is 1. The molecule has 13 heavy (non-hydrogen) atoms. The second-order valence-electron chi connectivity index (χ2n) is 2.35. The second kappa shape index (κ2) is 3.33. The van der Waals surface area contributed by atoms with E-state index >= 15 is 0 Å². The van der Waals surface area contributed by atoms with Crippen LogP contribution in [0.4, 0.5) is 5.69 Å². The Labute approximate surface area is 79.2 Å². The van der Waals surface area contributed by atoms with Crippen LogP contribution in [0.1, 0.15) is 15.9 Å². The number of anilines is 1. The highest BCUT2D eigenvalue weighted by atomic mass is 35.5. The highest BCUT2D eigenvalue weighted by Crippen LogP contribution is 2.23. The van der Waals surface area contributed by atoms with Crippen molar-refractivity contribution in [3.8, 4) is 6.07 Å². The predicted octanol–water partition coefficient (Wildman–Crippen LogP) is 1.49. The van der Waals surface area contributed by atoms with Crippen LogP contribution < -0.4 is 5.73 Å². The fourth-order valence-corrected chi connectivity index (χ4v) is 1.12. The molecule has 0 radical (unpaired) electrons. The van der Waals surface area contributed by atoms with Crippen LogP contribution in [0.3, 0.4) is 0 Å². The molecule has 0 amide bonds. The fraction of sp³-hybridized carbons (Fsp3) is 0. The van der Waals surface area contributed by atoms with Crippen molar-refractivity contribution in [3.63, 3.8) is 0 Å². The van der Waals surface area contributed by atoms with Crippen LogP contribution >= 0.6 is 11.6 Å². The molecule has 5 heteroatoms. The van der Waals surface area contributed by atoms with Crippen molar-refractivity contribution in [1.29, 1.82) is 5.26 Å². The van der Waals surface area contributed by atoms with Gasteiger partial charge in [-0.3, -0.25) is 0 Å². The van der Waals surface area contributed by atoms with Gasteiger partial charge in [-0.25, -0.2) is 4.79 Å². The van der Waals surface area contributed by atoms with E-state index in [0.717, 1.165) is 0 Å². The summed E-state index contributed by atoms with van der Waals surface area (Å²) in [5.41, 5.74) is 5.49. The molecule has 0 aliphatic rings. The third-order valence-electron chi connectivity index (χ3n) is 1.45. The summed E-state index contributed by atoms with van der Waals surface area (Å²) in [7, 11) is 0. The Bertz CT molecular complexity index is 409. The Morgan fingerprint density at radius 1 is 1.62 bits per heavy atom. The number of hydrogen-bond donors (Lipinski definition) is 2. The monoisotopic (exact) mass is 196 g/mol. The number of benzene rings is 1. The first-order valence-electron chi connectivity index (χ1n) is 3.28. The molecule has 0 saturated carbocycles. The molecule has 0 atom stereocenters. The lowest BCUT2D eigenvalue weighted by Crippen LogP contribution is -2.01. The Balaban J connectivity index is 3.47. The molecule has 0 fully saturated rings. The maximum absolute atomic E-state index is 10.6. The van der Waals surface area contributed by atoms with Crippen LogP contribution in [0.25, 0.3) is 0 Å². The number of nitriles is 1. The maximum Gasteiger partial charge on any atom is 0.337 e. The normalized spacial score (nSPS) is 9.23. The molecule has 4 nitrogen and oxygen atoms in total. The lowest BCUT2D eigenvalue weighted by Gasteiger charge is -2.01. The minimum atomic E-state index is -1.20. The molecule has 66 valence electrons. The minimum absolute atomic E-state index is 0.0686. The lowest BCUT2D eigenvalue weighted by atomic mass is 10.1. The molecule has 0 bridgehead atoms. The zero-order chi connectivity index (χ0) is 10.0. The van der Waals surface area contributed by atoms with E-state index in [1.54, 1.807) is 6.07 Å². The van der Waals surface area contributed by atoms with E-state index in [9.17, 15) is 4.79 Å². The molecular weight excluding hydrogens is 192 g/mol. The van der Waals surface area contributed by atoms with Crippen LogP contribution in [0, 0.1) is 11.3 Å². The average Bonchev–Trinajstić information content (AvgIpc) is 2.08. The summed E-state index contributed by atoms with van der Waals surface area (Å²) in [6.07, 6.45) is 0. The molecule has 1 aromatic carbocycles. The van der Waals surface area contributed by atoms with Gasteiger partial charge in [0.1, 0.15) is 6.07 Å². The van der Waals surface area contributed by atoms with Crippen LogP contribution in [-0.2, 0) is 0 Å². The van der Waals surface area contributed by atoms with Crippen LogP contribution in [0.5, 0.6) is 0 Å². The smallest absolute Gasteiger partial charge is 0.337 e. The number of nitrogens with two attached hydrogens (primary N) is 1. The van der Waals surface area contributed by atoms with Crippen LogP contribution in [-0.4, -0.2) is 11.1 Å². The number of hydrogen-bond acceptors (Lipinski definition) is 3. The van der Waals surface area contributed by atoms with Crippen LogP contribution in [0.2, 0.25) is 5.02 Å². The average molecular weight is 197 g/mol. The van der Waals surface area contributed by atoms with Crippen molar-refractivity contribution in [1.82, 2.24) is 0 Å². The molecule has 0 aliphatic carbocycles. The van der Waals surface area contributed by atoms with Crippen LogP contribution in [0.15, 0.2) is 12.1 Å². The van der Waals surface area contributed by atoms with Gasteiger partial charge in [0.25, 0.3) is 0 Å². The van der Waals surface area contributed by atoms with Gasteiger partial charge in [-0.05, 0) is 12.1 Å². The molecule has 0 saturated heterocycles. The first kappa shape index (κ1) is 9.36. The highest BCUT2D eigenvalue weighted by molar-refractivity contribution is 6.34. The zero-order valence-corrected chi connectivity index (χ0v) is 7.17. The highest BCUT2D eigenvalue weighted by Gasteiger charge is 2.13. The summed E-state index contributed by atoms with van der Waals surface area (Å²) < 4.78 is 0. The Morgan fingerprint density at radius 3 is 2.69 bits per heavy atom. The molecule has 1 aromatic rings. The number of halogens is 1. The van der Waals surface area contributed by atoms with Crippen molar-refractivity contribution < 1.29 is 9.90 Å². The summed E-state index contributed by atoms with van der Waals surface area (Å²) in [5.74, 6) is -1.20. The van der Waals surface area contributed by atoms with Crippen molar-refractivity contribution in [2.24, 2.45) is 0 Å². The largest absolute Gasteiger partial charge is 0.478 e. The standard InChI is InChI=1S/C8H5ClN2O2/c9-7-4(3-10)1-5(11)2-6(7)8(12)13/h1-2H,11H2,(H,12,13). The van der Waals surface area contributed by atoms with Gasteiger partial charge in [-0.15, -0.1) is 0 Å². The van der Waals surface area contributed by atoms with E-state index in [4.69, 9.17) is 27.7 Å². The quantitative estimate of drug-likeness (QED) is 0.667. The SMILES string of the molecule is N#Cc1cc(N)cc(C(=O)O)c1Cl. The van der Waals surface area contributed by atoms with Crippen molar-refractivity contribution in [3.05, 3.63) is 28.3 Å². The number of carboxylic acid groups (broad SMARTS) is 1. The molecule has 1 rings (SSSR count). The number of carboxylic acids is 1. The maximum atomic E-state index is 10.6. The van der Waals surface area contributed by atoms with Gasteiger partial charge < -0.3 is 10.8 Å². The van der Waals surface area contributed by atoms with Crippen molar-refractivity contribution in [2.75, 3.05) is 5.73 Å². The molecule has 0 aliphatic heterocycles. The van der Waals surface area contributed by atoms with E-state index < -0.39 is 5.97 Å². The van der Waals surface area contributed by atoms with Gasteiger partial charge in [0, 0.05) is 5.69 Å². The zero-order valence-electron chi connectivity index (χ0n) is 6.41.